The second-order valence-corrected chi connectivity index (χ2v) is 6.89. The molecule has 24 heavy (non-hydrogen) atoms. The number of alkyl halides is 3. The van der Waals surface area contributed by atoms with E-state index in [1.54, 1.807) is 45.0 Å². The number of carbonyl (C=O) groups excluding carboxylic acids is 1. The zero-order valence-electron chi connectivity index (χ0n) is 13.7. The molecule has 1 N–H and O–H groups in total. The molecule has 1 unspecified atom stereocenters. The van der Waals surface area contributed by atoms with Gasteiger partial charge in [-0.2, -0.15) is 18.2 Å². The summed E-state index contributed by atoms with van der Waals surface area (Å²) in [7, 11) is 0. The van der Waals surface area contributed by atoms with Crippen LogP contribution in [0, 0.1) is 6.92 Å². The summed E-state index contributed by atoms with van der Waals surface area (Å²) in [5.41, 5.74) is 2.19. The molecule has 0 bridgehead atoms. The molecular weight excluding hydrogens is 317 g/mol. The Morgan fingerprint density at radius 3 is 2.25 bits per heavy atom. The third-order valence-corrected chi connectivity index (χ3v) is 4.49. The lowest BCUT2D eigenvalue weighted by molar-refractivity contribution is -0.204. The molecule has 1 saturated heterocycles. The molecule has 0 aliphatic carbocycles. The maximum absolute atomic E-state index is 13.9. The molecule has 1 atom stereocenters. The van der Waals surface area contributed by atoms with E-state index in [4.69, 9.17) is 0 Å². The largest absolute Gasteiger partial charge is 0.409 e. The van der Waals surface area contributed by atoms with Crippen molar-refractivity contribution in [1.29, 1.82) is 0 Å². The lowest BCUT2D eigenvalue weighted by Gasteiger charge is -2.38. The number of halogens is 3. The van der Waals surface area contributed by atoms with Crippen molar-refractivity contribution in [2.45, 2.75) is 44.9 Å². The Hall–Kier alpha value is -2.08. The lowest BCUT2D eigenvalue weighted by Crippen LogP contribution is -2.51. The second-order valence-electron chi connectivity index (χ2n) is 6.89. The fraction of sp³-hybridized carbons (Fsp3) is 0.389. The van der Waals surface area contributed by atoms with Crippen molar-refractivity contribution in [1.82, 2.24) is 10.4 Å². The molecule has 6 heteroatoms. The van der Waals surface area contributed by atoms with E-state index in [0.29, 0.717) is 5.56 Å². The summed E-state index contributed by atoms with van der Waals surface area (Å²) in [5.74, 6) is -0.396. The highest BCUT2D eigenvalue weighted by Gasteiger charge is 2.53. The number of aryl methyl sites for hydroxylation is 1. The van der Waals surface area contributed by atoms with E-state index in [2.05, 4.69) is 5.43 Å². The van der Waals surface area contributed by atoms with Crippen molar-refractivity contribution in [3.8, 4) is 0 Å². The highest BCUT2D eigenvalue weighted by Crippen LogP contribution is 2.44. The van der Waals surface area contributed by atoms with Gasteiger partial charge in [0, 0.05) is 12.0 Å². The number of benzene rings is 2. The van der Waals surface area contributed by atoms with E-state index in [-0.39, 0.29) is 12.0 Å². The molecule has 0 saturated carbocycles. The standard InChI is InChI=1S/C18H19F3N2O/c1-11-8-12-6-4-5-7-13(12)9-14(11)16(18(19,20)21)23-17(2,3)10-15(24)22-23/h4-9,16H,10H2,1-3H3,(H,22,24). The van der Waals surface area contributed by atoms with Crippen LogP contribution in [0.4, 0.5) is 13.2 Å². The average Bonchev–Trinajstić information content (AvgIpc) is 2.71. The summed E-state index contributed by atoms with van der Waals surface area (Å²) in [5, 5.41) is 2.69. The number of hydrogen-bond donors (Lipinski definition) is 1. The number of hydrazine groups is 1. The van der Waals surface area contributed by atoms with Gasteiger partial charge in [-0.15, -0.1) is 0 Å². The van der Waals surface area contributed by atoms with Gasteiger partial charge in [-0.05, 0) is 48.7 Å². The summed E-state index contributed by atoms with van der Waals surface area (Å²) in [6.07, 6.45) is -4.48. The predicted molar refractivity (Wildman–Crippen MR) is 86.2 cm³/mol. The highest BCUT2D eigenvalue weighted by molar-refractivity contribution is 5.84. The minimum absolute atomic E-state index is 0.0339. The van der Waals surface area contributed by atoms with Crippen molar-refractivity contribution in [3.63, 3.8) is 0 Å². The van der Waals surface area contributed by atoms with Gasteiger partial charge in [0.2, 0.25) is 5.91 Å². The van der Waals surface area contributed by atoms with Gasteiger partial charge in [-0.1, -0.05) is 30.3 Å². The van der Waals surface area contributed by atoms with Crippen molar-refractivity contribution in [2.75, 3.05) is 0 Å². The summed E-state index contributed by atoms with van der Waals surface area (Å²) in [6.45, 7) is 4.95. The van der Waals surface area contributed by atoms with Gasteiger partial charge in [0.15, 0.2) is 6.04 Å². The van der Waals surface area contributed by atoms with E-state index in [1.807, 2.05) is 12.1 Å². The van der Waals surface area contributed by atoms with Gasteiger partial charge < -0.3 is 0 Å². The summed E-state index contributed by atoms with van der Waals surface area (Å²) >= 11 is 0. The molecule has 1 aliphatic rings. The Balaban J connectivity index is 2.17. The normalized spacial score (nSPS) is 19.5. The minimum Gasteiger partial charge on any atom is -0.287 e. The fourth-order valence-electron chi connectivity index (χ4n) is 3.35. The first-order chi connectivity index (χ1) is 11.1. The van der Waals surface area contributed by atoms with Gasteiger partial charge in [-0.25, -0.2) is 0 Å². The number of rotatable bonds is 2. The van der Waals surface area contributed by atoms with Crippen molar-refractivity contribution in [3.05, 3.63) is 47.5 Å². The first-order valence-electron chi connectivity index (χ1n) is 7.74. The second kappa shape index (κ2) is 5.48. The minimum atomic E-state index is -4.51. The summed E-state index contributed by atoms with van der Waals surface area (Å²) in [4.78, 5) is 11.7. The molecule has 1 heterocycles. The van der Waals surface area contributed by atoms with E-state index in [0.717, 1.165) is 15.8 Å². The number of nitrogens with zero attached hydrogens (tertiary/aromatic N) is 1. The van der Waals surface area contributed by atoms with Crippen LogP contribution >= 0.6 is 0 Å². The number of hydrogen-bond acceptors (Lipinski definition) is 2. The average molecular weight is 336 g/mol. The van der Waals surface area contributed by atoms with E-state index in [9.17, 15) is 18.0 Å². The first kappa shape index (κ1) is 16.8. The first-order valence-corrected chi connectivity index (χ1v) is 7.74. The molecule has 1 aliphatic heterocycles. The Kier molecular flexibility index (Phi) is 3.83. The molecule has 3 nitrogen and oxygen atoms in total. The van der Waals surface area contributed by atoms with Crippen LogP contribution in [0.25, 0.3) is 10.8 Å². The van der Waals surface area contributed by atoms with E-state index in [1.165, 1.54) is 0 Å². The van der Waals surface area contributed by atoms with Crippen molar-refractivity contribution in [2.24, 2.45) is 0 Å². The zero-order valence-corrected chi connectivity index (χ0v) is 13.7. The smallest absolute Gasteiger partial charge is 0.287 e. The van der Waals surface area contributed by atoms with E-state index < -0.39 is 23.7 Å². The monoisotopic (exact) mass is 336 g/mol. The lowest BCUT2D eigenvalue weighted by atomic mass is 9.92. The molecule has 0 aromatic heterocycles. The number of amides is 1. The molecule has 0 radical (unpaired) electrons. The molecular formula is C18H19F3N2O. The van der Waals surface area contributed by atoms with Gasteiger partial charge in [-0.3, -0.25) is 10.2 Å². The van der Waals surface area contributed by atoms with Crippen LogP contribution in [0.15, 0.2) is 36.4 Å². The zero-order chi connectivity index (χ0) is 17.7. The molecule has 128 valence electrons. The highest BCUT2D eigenvalue weighted by atomic mass is 19.4. The van der Waals surface area contributed by atoms with Crippen LogP contribution in [0.5, 0.6) is 0 Å². The van der Waals surface area contributed by atoms with Gasteiger partial charge in [0.25, 0.3) is 0 Å². The number of nitrogens with one attached hydrogen (secondary N) is 1. The van der Waals surface area contributed by atoms with Crippen LogP contribution in [0.1, 0.15) is 37.4 Å². The maximum atomic E-state index is 13.9. The molecule has 1 fully saturated rings. The van der Waals surface area contributed by atoms with Crippen molar-refractivity contribution >= 4 is 16.7 Å². The van der Waals surface area contributed by atoms with Gasteiger partial charge >= 0.3 is 6.18 Å². The van der Waals surface area contributed by atoms with Crippen LogP contribution < -0.4 is 5.43 Å². The molecule has 2 aromatic carbocycles. The predicted octanol–water partition coefficient (Wildman–Crippen LogP) is 4.27. The third-order valence-electron chi connectivity index (χ3n) is 4.49. The van der Waals surface area contributed by atoms with Crippen LogP contribution in [0.3, 0.4) is 0 Å². The molecule has 3 rings (SSSR count). The quantitative estimate of drug-likeness (QED) is 0.888. The number of fused-ring (bicyclic) bond motifs is 1. The Morgan fingerprint density at radius 2 is 1.75 bits per heavy atom. The Morgan fingerprint density at radius 1 is 1.17 bits per heavy atom. The topological polar surface area (TPSA) is 32.3 Å². The van der Waals surface area contributed by atoms with Crippen LogP contribution in [-0.4, -0.2) is 22.6 Å². The van der Waals surface area contributed by atoms with Gasteiger partial charge in [0.05, 0.1) is 0 Å². The molecule has 0 spiro atoms. The summed E-state index contributed by atoms with van der Waals surface area (Å²) < 4.78 is 41.7. The Labute approximate surface area is 138 Å². The van der Waals surface area contributed by atoms with E-state index >= 15 is 0 Å². The molecule has 1 amide bonds. The van der Waals surface area contributed by atoms with Crippen LogP contribution in [-0.2, 0) is 4.79 Å². The molecule has 2 aromatic rings. The Bertz CT molecular complexity index is 798. The SMILES string of the molecule is Cc1cc2ccccc2cc1C(N1NC(=O)CC1(C)C)C(F)(F)F. The van der Waals surface area contributed by atoms with Crippen LogP contribution in [0.2, 0.25) is 0 Å². The third kappa shape index (κ3) is 2.86. The van der Waals surface area contributed by atoms with Crippen molar-refractivity contribution < 1.29 is 18.0 Å². The van der Waals surface area contributed by atoms with Gasteiger partial charge in [0.1, 0.15) is 0 Å². The number of carbonyl (C=O) groups is 1. The maximum Gasteiger partial charge on any atom is 0.409 e. The fourth-order valence-corrected chi connectivity index (χ4v) is 3.35. The summed E-state index contributed by atoms with van der Waals surface area (Å²) in [6, 6.07) is 8.76.